The van der Waals surface area contributed by atoms with E-state index in [-0.39, 0.29) is 15.4 Å². The van der Waals surface area contributed by atoms with E-state index in [1.807, 2.05) is 13.0 Å². The number of hydrogen-bond acceptors (Lipinski definition) is 7. The summed E-state index contributed by atoms with van der Waals surface area (Å²) in [4.78, 5) is 12.0. The number of aromatic nitrogens is 2. The van der Waals surface area contributed by atoms with E-state index in [4.69, 9.17) is 4.74 Å². The molecule has 10 heteroatoms. The lowest BCUT2D eigenvalue weighted by molar-refractivity contribution is -0.123. The molecule has 2 aromatic rings. The van der Waals surface area contributed by atoms with Crippen LogP contribution in [0.5, 0.6) is 5.75 Å². The van der Waals surface area contributed by atoms with Gasteiger partial charge in [-0.25, -0.2) is 0 Å². The lowest BCUT2D eigenvalue weighted by Crippen LogP contribution is -2.27. The lowest BCUT2D eigenvalue weighted by atomic mass is 9.96. The van der Waals surface area contributed by atoms with Crippen molar-refractivity contribution in [1.82, 2.24) is 10.2 Å². The zero-order valence-electron chi connectivity index (χ0n) is 14.6. The molecular weight excluding hydrogens is 364 g/mol. The third kappa shape index (κ3) is 4.67. The van der Waals surface area contributed by atoms with Crippen molar-refractivity contribution in [3.8, 4) is 5.75 Å². The molecule has 2 N–H and O–H groups in total. The summed E-state index contributed by atoms with van der Waals surface area (Å²) in [5.74, 6) is 0.112. The van der Waals surface area contributed by atoms with Crippen molar-refractivity contribution in [2.75, 3.05) is 17.1 Å². The second-order valence-electron chi connectivity index (χ2n) is 6.39. The Bertz CT molecular complexity index is 885. The van der Waals surface area contributed by atoms with Gasteiger partial charge in [-0.05, 0) is 24.6 Å². The first-order valence-electron chi connectivity index (χ1n) is 7.35. The average Bonchev–Trinajstić information content (AvgIpc) is 2.95. The summed E-state index contributed by atoms with van der Waals surface area (Å²) in [6.45, 7) is 7.06. The number of nitrogens with one attached hydrogen (secondary N) is 2. The molecule has 1 aromatic carbocycles. The Kier molecular flexibility index (Phi) is 5.33. The van der Waals surface area contributed by atoms with Crippen LogP contribution in [0.3, 0.4) is 0 Å². The topological polar surface area (TPSA) is 110 Å². The van der Waals surface area contributed by atoms with Gasteiger partial charge in [0.1, 0.15) is 5.75 Å². The van der Waals surface area contributed by atoms with E-state index < -0.39 is 15.4 Å². The van der Waals surface area contributed by atoms with Crippen LogP contribution in [0.4, 0.5) is 10.8 Å². The molecule has 136 valence electrons. The van der Waals surface area contributed by atoms with Crippen LogP contribution in [-0.2, 0) is 14.8 Å². The average molecular weight is 384 g/mol. The van der Waals surface area contributed by atoms with Crippen LogP contribution >= 0.6 is 11.3 Å². The highest BCUT2D eigenvalue weighted by Gasteiger charge is 2.25. The van der Waals surface area contributed by atoms with Crippen molar-refractivity contribution in [3.63, 3.8) is 0 Å². The molecule has 0 aliphatic carbocycles. The number of benzene rings is 1. The van der Waals surface area contributed by atoms with Gasteiger partial charge < -0.3 is 10.1 Å². The van der Waals surface area contributed by atoms with Gasteiger partial charge in [0.05, 0.1) is 12.8 Å². The Hall–Kier alpha value is -2.20. The van der Waals surface area contributed by atoms with Gasteiger partial charge in [-0.3, -0.25) is 9.52 Å². The molecule has 8 nitrogen and oxygen atoms in total. The molecule has 0 saturated carbocycles. The first-order valence-corrected chi connectivity index (χ1v) is 9.65. The van der Waals surface area contributed by atoms with E-state index in [1.54, 1.807) is 32.9 Å². The Morgan fingerprint density at radius 1 is 1.24 bits per heavy atom. The second-order valence-corrected chi connectivity index (χ2v) is 9.22. The Morgan fingerprint density at radius 3 is 2.52 bits per heavy atom. The largest absolute Gasteiger partial charge is 0.495 e. The van der Waals surface area contributed by atoms with Gasteiger partial charge in [0.25, 0.3) is 14.4 Å². The molecule has 0 aliphatic heterocycles. The summed E-state index contributed by atoms with van der Waals surface area (Å²) in [5, 5.41) is 10.1. The van der Waals surface area contributed by atoms with Crippen molar-refractivity contribution in [2.24, 2.45) is 5.41 Å². The standard InChI is InChI=1S/C15H20N4O4S2/c1-9-6-7-11(23-5)10(8-9)19-25(21,22)14-18-17-13(24-14)16-12(20)15(2,3)4/h6-8,19H,1-5H3,(H,16,17,20). The molecule has 0 aliphatic rings. The number of carbonyl (C=O) groups is 1. The first kappa shape index (κ1) is 19.1. The van der Waals surface area contributed by atoms with Crippen molar-refractivity contribution < 1.29 is 17.9 Å². The number of anilines is 2. The molecule has 0 unspecified atom stereocenters. The Balaban J connectivity index is 2.24. The minimum absolute atomic E-state index is 0.122. The minimum Gasteiger partial charge on any atom is -0.495 e. The molecule has 1 aromatic heterocycles. The van der Waals surface area contributed by atoms with E-state index in [9.17, 15) is 13.2 Å². The Labute approximate surface area is 150 Å². The highest BCUT2D eigenvalue weighted by Crippen LogP contribution is 2.29. The van der Waals surface area contributed by atoms with E-state index >= 15 is 0 Å². The van der Waals surface area contributed by atoms with Crippen LogP contribution in [0.25, 0.3) is 0 Å². The quantitative estimate of drug-likeness (QED) is 0.767. The van der Waals surface area contributed by atoms with Crippen LogP contribution in [0.1, 0.15) is 26.3 Å². The van der Waals surface area contributed by atoms with Gasteiger partial charge in [0.2, 0.25) is 11.0 Å². The summed E-state index contributed by atoms with van der Waals surface area (Å²) in [6, 6.07) is 5.13. The fraction of sp³-hybridized carbons (Fsp3) is 0.400. The van der Waals surface area contributed by atoms with Crippen LogP contribution < -0.4 is 14.8 Å². The molecule has 0 bridgehead atoms. The van der Waals surface area contributed by atoms with E-state index in [0.29, 0.717) is 11.4 Å². The van der Waals surface area contributed by atoms with Crippen molar-refractivity contribution in [1.29, 1.82) is 0 Å². The predicted molar refractivity (Wildman–Crippen MR) is 96.5 cm³/mol. The zero-order chi connectivity index (χ0) is 18.8. The monoisotopic (exact) mass is 384 g/mol. The summed E-state index contributed by atoms with van der Waals surface area (Å²) in [5.41, 5.74) is 0.546. The van der Waals surface area contributed by atoms with Gasteiger partial charge in [-0.15, -0.1) is 10.2 Å². The highest BCUT2D eigenvalue weighted by atomic mass is 32.2. The normalized spacial score (nSPS) is 11.9. The third-order valence-electron chi connectivity index (χ3n) is 3.14. The van der Waals surface area contributed by atoms with Gasteiger partial charge in [-0.2, -0.15) is 8.42 Å². The number of amides is 1. The number of ether oxygens (including phenoxy) is 1. The smallest absolute Gasteiger partial charge is 0.291 e. The summed E-state index contributed by atoms with van der Waals surface area (Å²) in [7, 11) is -2.50. The van der Waals surface area contributed by atoms with Gasteiger partial charge in [0.15, 0.2) is 0 Å². The van der Waals surface area contributed by atoms with Gasteiger partial charge in [0, 0.05) is 5.41 Å². The van der Waals surface area contributed by atoms with Gasteiger partial charge >= 0.3 is 0 Å². The second kappa shape index (κ2) is 6.96. The third-order valence-corrected chi connectivity index (χ3v) is 5.71. The van der Waals surface area contributed by atoms with Crippen molar-refractivity contribution >= 4 is 38.1 Å². The lowest BCUT2D eigenvalue weighted by Gasteiger charge is -2.15. The molecule has 2 rings (SSSR count). The maximum Gasteiger partial charge on any atom is 0.291 e. The molecule has 0 spiro atoms. The number of carbonyl (C=O) groups excluding carboxylic acids is 1. The molecular formula is C15H20N4O4S2. The minimum atomic E-state index is -3.95. The van der Waals surface area contributed by atoms with Crippen molar-refractivity contribution in [2.45, 2.75) is 32.0 Å². The summed E-state index contributed by atoms with van der Waals surface area (Å²) in [6.07, 6.45) is 0. The Morgan fingerprint density at radius 2 is 1.92 bits per heavy atom. The van der Waals surface area contributed by atoms with E-state index in [0.717, 1.165) is 16.9 Å². The summed E-state index contributed by atoms with van der Waals surface area (Å²) < 4.78 is 32.4. The number of rotatable bonds is 5. The van der Waals surface area contributed by atoms with Crippen LogP contribution in [-0.4, -0.2) is 31.6 Å². The molecule has 25 heavy (non-hydrogen) atoms. The summed E-state index contributed by atoms with van der Waals surface area (Å²) >= 11 is 0.776. The molecule has 1 amide bonds. The van der Waals surface area contributed by atoms with Crippen molar-refractivity contribution in [3.05, 3.63) is 23.8 Å². The molecule has 0 saturated heterocycles. The number of hydrogen-bond donors (Lipinski definition) is 2. The fourth-order valence-corrected chi connectivity index (χ4v) is 3.70. The van der Waals surface area contributed by atoms with E-state index in [1.165, 1.54) is 7.11 Å². The molecule has 0 atom stereocenters. The van der Waals surface area contributed by atoms with Gasteiger partial charge in [-0.1, -0.05) is 38.2 Å². The van der Waals surface area contributed by atoms with E-state index in [2.05, 4.69) is 20.2 Å². The molecule has 0 fully saturated rings. The number of methoxy groups -OCH3 is 1. The maximum absolute atomic E-state index is 12.5. The molecule has 0 radical (unpaired) electrons. The zero-order valence-corrected chi connectivity index (χ0v) is 16.2. The first-order chi connectivity index (χ1) is 11.5. The molecule has 1 heterocycles. The van der Waals surface area contributed by atoms with Crippen LogP contribution in [0.2, 0.25) is 0 Å². The number of aryl methyl sites for hydroxylation is 1. The number of nitrogens with zero attached hydrogens (tertiary/aromatic N) is 2. The number of sulfonamides is 1. The van der Waals surface area contributed by atoms with Crippen LogP contribution in [0.15, 0.2) is 22.5 Å². The van der Waals surface area contributed by atoms with Crippen LogP contribution in [0, 0.1) is 12.3 Å². The maximum atomic E-state index is 12.5. The fourth-order valence-electron chi connectivity index (χ4n) is 1.74. The highest BCUT2D eigenvalue weighted by molar-refractivity contribution is 7.94. The SMILES string of the molecule is COc1ccc(C)cc1NS(=O)(=O)c1nnc(NC(=O)C(C)(C)C)s1. The predicted octanol–water partition coefficient (Wildman–Crippen LogP) is 2.64.